The Morgan fingerprint density at radius 2 is 1.88 bits per heavy atom. The fourth-order valence-corrected chi connectivity index (χ4v) is 5.84. The largest absolute Gasteiger partial charge is 0.491 e. The van der Waals surface area contributed by atoms with Gasteiger partial charge in [0.05, 0.1) is 41.7 Å². The maximum atomic E-state index is 11.1. The van der Waals surface area contributed by atoms with Crippen molar-refractivity contribution in [2.75, 3.05) is 44.3 Å². The summed E-state index contributed by atoms with van der Waals surface area (Å²) in [5.74, 6) is -1.53. The molecule has 3 atom stereocenters. The number of β-amino-alcohol motifs (C(OH)–C–C–N with tert-alkyl or cyclic N) is 2. The van der Waals surface area contributed by atoms with Gasteiger partial charge in [-0.2, -0.15) is 0 Å². The molecule has 0 amide bonds. The number of ether oxygens (including phenoxy) is 3. The number of hydrogen-bond donors (Lipinski definition) is 3. The molecule has 232 valence electrons. The number of aromatic nitrogens is 1. The summed E-state index contributed by atoms with van der Waals surface area (Å²) >= 11 is 12.9. The topological polar surface area (TPSA) is 108 Å². The molecule has 2 aromatic carbocycles. The number of rotatable bonds is 11. The van der Waals surface area contributed by atoms with Crippen molar-refractivity contribution in [2.45, 2.75) is 57.0 Å². The van der Waals surface area contributed by atoms with Gasteiger partial charge < -0.3 is 34.4 Å². The van der Waals surface area contributed by atoms with Crippen LogP contribution in [0.1, 0.15) is 49.0 Å². The van der Waals surface area contributed by atoms with E-state index in [2.05, 4.69) is 9.88 Å². The zero-order valence-electron chi connectivity index (χ0n) is 24.2. The first-order valence-corrected chi connectivity index (χ1v) is 15.4. The number of anilines is 1. The molecule has 0 radical (unpaired) electrons. The second-order valence-electron chi connectivity index (χ2n) is 11.2. The van der Waals surface area contributed by atoms with Crippen molar-refractivity contribution >= 4 is 28.9 Å². The highest BCUT2D eigenvalue weighted by molar-refractivity contribution is 6.33. The van der Waals surface area contributed by atoms with Crippen LogP contribution in [0.2, 0.25) is 10.0 Å². The van der Waals surface area contributed by atoms with Crippen molar-refractivity contribution in [2.24, 2.45) is 0 Å². The van der Waals surface area contributed by atoms with E-state index in [0.29, 0.717) is 59.9 Å². The highest BCUT2D eigenvalue weighted by atomic mass is 35.5. The fraction of sp³-hybridized carbons (Fsp3) is 0.469. The predicted octanol–water partition coefficient (Wildman–Crippen LogP) is 4.89. The summed E-state index contributed by atoms with van der Waals surface area (Å²) in [5.41, 5.74) is 2.87. The van der Waals surface area contributed by atoms with Gasteiger partial charge in [-0.1, -0.05) is 41.4 Å². The van der Waals surface area contributed by atoms with E-state index in [1.807, 2.05) is 41.3 Å². The van der Waals surface area contributed by atoms with Crippen molar-refractivity contribution in [1.29, 1.82) is 0 Å². The van der Waals surface area contributed by atoms with Gasteiger partial charge in [0, 0.05) is 49.1 Å². The van der Waals surface area contributed by atoms with E-state index >= 15 is 0 Å². The number of aliphatic hydroxyl groups is 3. The van der Waals surface area contributed by atoms with E-state index in [0.717, 1.165) is 30.5 Å². The molecule has 11 heteroatoms. The van der Waals surface area contributed by atoms with Gasteiger partial charge in [0.2, 0.25) is 5.79 Å². The minimum Gasteiger partial charge on any atom is -0.491 e. The number of benzene rings is 2. The van der Waals surface area contributed by atoms with Crippen LogP contribution in [0, 0.1) is 0 Å². The lowest BCUT2D eigenvalue weighted by atomic mass is 9.99. The maximum Gasteiger partial charge on any atom is 0.204 e. The molecular weight excluding hydrogens is 593 g/mol. The van der Waals surface area contributed by atoms with Gasteiger partial charge in [0.15, 0.2) is 6.29 Å². The van der Waals surface area contributed by atoms with Crippen molar-refractivity contribution < 1.29 is 29.5 Å². The van der Waals surface area contributed by atoms with Gasteiger partial charge in [-0.05, 0) is 62.1 Å². The third-order valence-electron chi connectivity index (χ3n) is 7.73. The molecular formula is C32H39Cl2N3O6. The Bertz CT molecular complexity index is 1320. The first kappa shape index (κ1) is 31.9. The Morgan fingerprint density at radius 1 is 1.07 bits per heavy atom. The Balaban J connectivity index is 1.27. The Kier molecular flexibility index (Phi) is 10.8. The lowest BCUT2D eigenvalue weighted by molar-refractivity contribution is -0.184. The van der Waals surface area contributed by atoms with Crippen LogP contribution >= 0.6 is 23.2 Å². The molecule has 3 aromatic rings. The second-order valence-corrected chi connectivity index (χ2v) is 12.1. The van der Waals surface area contributed by atoms with E-state index in [1.165, 1.54) is 6.20 Å². The van der Waals surface area contributed by atoms with E-state index in [4.69, 9.17) is 37.4 Å². The SMILES string of the molecule is C[C@@H](O)COc1ccc(N2CCN(CC(O)(O)c3ccc(COC4CCCCO4)nc3)C[C@H]2c2ccc(Cl)cc2)c(Cl)c1. The molecule has 2 fully saturated rings. The van der Waals surface area contributed by atoms with E-state index in [-0.39, 0.29) is 25.5 Å². The summed E-state index contributed by atoms with van der Waals surface area (Å²) in [4.78, 5) is 8.65. The summed E-state index contributed by atoms with van der Waals surface area (Å²) < 4.78 is 17.0. The second kappa shape index (κ2) is 14.5. The van der Waals surface area contributed by atoms with Crippen LogP contribution in [-0.2, 0) is 21.9 Å². The molecule has 0 saturated carbocycles. The molecule has 2 aliphatic rings. The van der Waals surface area contributed by atoms with E-state index in [9.17, 15) is 15.3 Å². The molecule has 2 saturated heterocycles. The van der Waals surface area contributed by atoms with Crippen LogP contribution in [0.15, 0.2) is 60.8 Å². The van der Waals surface area contributed by atoms with Crippen molar-refractivity contribution in [1.82, 2.24) is 9.88 Å². The molecule has 0 aliphatic carbocycles. The minimum absolute atomic E-state index is 0.00176. The van der Waals surface area contributed by atoms with Crippen LogP contribution < -0.4 is 9.64 Å². The van der Waals surface area contributed by atoms with Crippen LogP contribution in [0.4, 0.5) is 5.69 Å². The lowest BCUT2D eigenvalue weighted by Crippen LogP contribution is -2.52. The first-order chi connectivity index (χ1) is 20.7. The molecule has 0 bridgehead atoms. The Morgan fingerprint density at radius 3 is 2.56 bits per heavy atom. The first-order valence-electron chi connectivity index (χ1n) is 14.7. The molecule has 9 nitrogen and oxygen atoms in total. The van der Waals surface area contributed by atoms with Crippen LogP contribution in [0.5, 0.6) is 5.75 Å². The molecule has 43 heavy (non-hydrogen) atoms. The summed E-state index contributed by atoms with van der Waals surface area (Å²) in [6.45, 7) is 4.53. The third-order valence-corrected chi connectivity index (χ3v) is 8.28. The number of halogens is 2. The average molecular weight is 633 g/mol. The average Bonchev–Trinajstić information content (AvgIpc) is 3.00. The molecule has 1 unspecified atom stereocenters. The van der Waals surface area contributed by atoms with E-state index < -0.39 is 11.9 Å². The number of hydrogen-bond acceptors (Lipinski definition) is 9. The zero-order chi connectivity index (χ0) is 30.4. The number of nitrogens with zero attached hydrogens (tertiary/aromatic N) is 3. The maximum absolute atomic E-state index is 11.1. The summed E-state index contributed by atoms with van der Waals surface area (Å²) in [7, 11) is 0. The number of pyridine rings is 1. The third kappa shape index (κ3) is 8.59. The van der Waals surface area contributed by atoms with Crippen molar-refractivity contribution in [3.8, 4) is 5.75 Å². The Labute approximate surface area is 262 Å². The summed E-state index contributed by atoms with van der Waals surface area (Å²) in [6, 6.07) is 16.5. The van der Waals surface area contributed by atoms with E-state index in [1.54, 1.807) is 25.1 Å². The number of aliphatic hydroxyl groups excluding tert-OH is 1. The van der Waals surface area contributed by atoms with Gasteiger partial charge in [-0.3, -0.25) is 9.88 Å². The van der Waals surface area contributed by atoms with Gasteiger partial charge in [-0.25, -0.2) is 0 Å². The highest BCUT2D eigenvalue weighted by Crippen LogP contribution is 2.38. The van der Waals surface area contributed by atoms with Crippen molar-refractivity contribution in [3.05, 3.63) is 87.7 Å². The molecule has 2 aliphatic heterocycles. The molecule has 3 N–H and O–H groups in total. The van der Waals surface area contributed by atoms with Crippen LogP contribution in [0.3, 0.4) is 0 Å². The van der Waals surface area contributed by atoms with Gasteiger partial charge in [-0.15, -0.1) is 0 Å². The van der Waals surface area contributed by atoms with Crippen LogP contribution in [-0.4, -0.2) is 77.0 Å². The van der Waals surface area contributed by atoms with Crippen LogP contribution in [0.25, 0.3) is 0 Å². The highest BCUT2D eigenvalue weighted by Gasteiger charge is 2.35. The predicted molar refractivity (Wildman–Crippen MR) is 165 cm³/mol. The monoisotopic (exact) mass is 631 g/mol. The smallest absolute Gasteiger partial charge is 0.204 e. The van der Waals surface area contributed by atoms with Gasteiger partial charge in [0.25, 0.3) is 0 Å². The number of piperazine rings is 1. The molecule has 0 spiro atoms. The molecule has 5 rings (SSSR count). The summed E-state index contributed by atoms with van der Waals surface area (Å²) in [6.07, 6.45) is 3.70. The lowest BCUT2D eigenvalue weighted by Gasteiger charge is -2.44. The Hall–Kier alpha value is -2.47. The van der Waals surface area contributed by atoms with Gasteiger partial charge >= 0.3 is 0 Å². The zero-order valence-corrected chi connectivity index (χ0v) is 25.8. The quantitative estimate of drug-likeness (QED) is 0.255. The fourth-order valence-electron chi connectivity index (χ4n) is 5.44. The normalized spacial score (nSPS) is 20.7. The molecule has 3 heterocycles. The minimum atomic E-state index is -2.11. The van der Waals surface area contributed by atoms with Crippen molar-refractivity contribution in [3.63, 3.8) is 0 Å². The molecule has 1 aromatic heterocycles. The summed E-state index contributed by atoms with van der Waals surface area (Å²) in [5, 5.41) is 33.0. The standard InChI is InChI=1S/C32H39Cl2N3O6/c1-22(38)19-42-27-11-12-29(28(34)16-27)37-14-13-36(18-30(37)23-5-8-25(33)9-6-23)21-32(39,40)24-7-10-26(35-17-24)20-43-31-4-2-3-15-41-31/h5-12,16-17,22,30-31,38-40H,2-4,13-15,18-21H2,1H3/t22-,30+,31?/m1/s1. The van der Waals surface area contributed by atoms with Gasteiger partial charge in [0.1, 0.15) is 12.4 Å².